The molecule has 1 amide bonds. The van der Waals surface area contributed by atoms with Crippen LogP contribution < -0.4 is 29.7 Å². The van der Waals surface area contributed by atoms with Gasteiger partial charge < -0.3 is 24.8 Å². The van der Waals surface area contributed by atoms with Crippen LogP contribution in [-0.2, 0) is 4.79 Å². The lowest BCUT2D eigenvalue weighted by molar-refractivity contribution is -0.130. The SMILES string of the molecule is CCOc1ccc(N2C(=S)N[C@H]3c4cccc(OCC)c4O[C@]2(C)[C@@H]3C(=O)Nc2ccc(Cl)cc2)cc1. The van der Waals surface area contributed by atoms with Crippen molar-refractivity contribution in [1.29, 1.82) is 0 Å². The molecule has 0 saturated carbocycles. The van der Waals surface area contributed by atoms with Crippen LogP contribution in [0, 0.1) is 5.92 Å². The molecule has 2 aliphatic rings. The van der Waals surface area contributed by atoms with Crippen LogP contribution in [0.1, 0.15) is 32.4 Å². The average molecular weight is 538 g/mol. The Labute approximate surface area is 226 Å². The standard InChI is InChI=1S/C28H28ClN3O4S/c1-4-34-20-15-13-19(14-16-20)32-27(37)31-24-21-7-6-8-22(35-5-2)25(21)36-28(32,3)23(24)26(33)30-18-11-9-17(29)10-12-18/h6-16,23-24H,4-5H2,1-3H3,(H,30,33)(H,31,37)/t23-,24-,28+/m0/s1. The number of thiocarbonyl (C=S) groups is 1. The van der Waals surface area contributed by atoms with E-state index in [4.69, 9.17) is 38.0 Å². The molecule has 7 nitrogen and oxygen atoms in total. The summed E-state index contributed by atoms with van der Waals surface area (Å²) in [6.45, 7) is 6.80. The molecule has 0 spiro atoms. The number of hydrogen-bond donors (Lipinski definition) is 2. The second-order valence-corrected chi connectivity index (χ2v) is 9.75. The quantitative estimate of drug-likeness (QED) is 0.361. The minimum absolute atomic E-state index is 0.215. The fourth-order valence-electron chi connectivity index (χ4n) is 5.04. The number of para-hydroxylation sites is 1. The first-order valence-corrected chi connectivity index (χ1v) is 13.0. The van der Waals surface area contributed by atoms with Crippen molar-refractivity contribution in [2.75, 3.05) is 23.4 Å². The molecule has 2 aliphatic heterocycles. The van der Waals surface area contributed by atoms with Gasteiger partial charge in [-0.25, -0.2) is 0 Å². The topological polar surface area (TPSA) is 72.1 Å². The fourth-order valence-corrected chi connectivity index (χ4v) is 5.58. The molecule has 0 aliphatic carbocycles. The Morgan fingerprint density at radius 2 is 1.78 bits per heavy atom. The summed E-state index contributed by atoms with van der Waals surface area (Å²) in [4.78, 5) is 15.8. The average Bonchev–Trinajstić information content (AvgIpc) is 2.87. The summed E-state index contributed by atoms with van der Waals surface area (Å²) < 4.78 is 18.3. The van der Waals surface area contributed by atoms with Crippen molar-refractivity contribution in [3.05, 3.63) is 77.3 Å². The van der Waals surface area contributed by atoms with Gasteiger partial charge in [-0.2, -0.15) is 0 Å². The molecular weight excluding hydrogens is 510 g/mol. The Balaban J connectivity index is 1.61. The highest BCUT2D eigenvalue weighted by molar-refractivity contribution is 7.80. The van der Waals surface area contributed by atoms with E-state index in [1.807, 2.05) is 68.1 Å². The molecular formula is C28H28ClN3O4S. The Hall–Kier alpha value is -3.49. The van der Waals surface area contributed by atoms with Crippen LogP contribution in [0.4, 0.5) is 11.4 Å². The summed E-state index contributed by atoms with van der Waals surface area (Å²) in [6, 6.07) is 19.8. The van der Waals surface area contributed by atoms with Gasteiger partial charge in [0, 0.05) is 22.0 Å². The van der Waals surface area contributed by atoms with Gasteiger partial charge in [-0.3, -0.25) is 9.69 Å². The first-order valence-electron chi connectivity index (χ1n) is 12.2. The maximum absolute atomic E-state index is 13.9. The molecule has 2 heterocycles. The van der Waals surface area contributed by atoms with Gasteiger partial charge in [0.25, 0.3) is 0 Å². The lowest BCUT2D eigenvalue weighted by Gasteiger charge is -2.56. The number of rotatable bonds is 7. The Morgan fingerprint density at radius 3 is 2.46 bits per heavy atom. The van der Waals surface area contributed by atoms with Crippen molar-refractivity contribution in [3.8, 4) is 17.2 Å². The van der Waals surface area contributed by atoms with Crippen molar-refractivity contribution in [2.45, 2.75) is 32.5 Å². The molecule has 0 radical (unpaired) electrons. The number of nitrogens with zero attached hydrogens (tertiary/aromatic N) is 1. The first kappa shape index (κ1) is 25.2. The van der Waals surface area contributed by atoms with Crippen molar-refractivity contribution in [2.24, 2.45) is 5.92 Å². The summed E-state index contributed by atoms with van der Waals surface area (Å²) in [5.74, 6) is 1.07. The van der Waals surface area contributed by atoms with Crippen molar-refractivity contribution < 1.29 is 19.0 Å². The maximum atomic E-state index is 13.9. The number of fused-ring (bicyclic) bond motifs is 4. The van der Waals surface area contributed by atoms with E-state index in [1.165, 1.54) is 0 Å². The van der Waals surface area contributed by atoms with Gasteiger partial charge in [-0.1, -0.05) is 23.7 Å². The van der Waals surface area contributed by atoms with E-state index in [-0.39, 0.29) is 5.91 Å². The van der Waals surface area contributed by atoms with Crippen LogP contribution in [0.5, 0.6) is 17.2 Å². The van der Waals surface area contributed by atoms with Crippen molar-refractivity contribution in [3.63, 3.8) is 0 Å². The molecule has 5 rings (SSSR count). The van der Waals surface area contributed by atoms with Crippen LogP contribution in [0.2, 0.25) is 5.02 Å². The Bertz CT molecular complexity index is 1320. The van der Waals surface area contributed by atoms with Gasteiger partial charge in [0.1, 0.15) is 11.7 Å². The zero-order valence-electron chi connectivity index (χ0n) is 20.8. The molecule has 192 valence electrons. The summed E-state index contributed by atoms with van der Waals surface area (Å²) in [6.07, 6.45) is 0. The van der Waals surface area contributed by atoms with Crippen molar-refractivity contribution in [1.82, 2.24) is 5.32 Å². The number of nitrogens with one attached hydrogen (secondary N) is 2. The predicted molar refractivity (Wildman–Crippen MR) is 149 cm³/mol. The van der Waals surface area contributed by atoms with E-state index in [2.05, 4.69) is 10.6 Å². The Morgan fingerprint density at radius 1 is 1.08 bits per heavy atom. The smallest absolute Gasteiger partial charge is 0.236 e. The lowest BCUT2D eigenvalue weighted by atomic mass is 9.78. The zero-order chi connectivity index (χ0) is 26.2. The van der Waals surface area contributed by atoms with Gasteiger partial charge in [-0.15, -0.1) is 0 Å². The largest absolute Gasteiger partial charge is 0.494 e. The molecule has 2 N–H and O–H groups in total. The van der Waals surface area contributed by atoms with E-state index < -0.39 is 17.7 Å². The number of carbonyl (C=O) groups excluding carboxylic acids is 1. The van der Waals surface area contributed by atoms with E-state index in [1.54, 1.807) is 24.3 Å². The minimum Gasteiger partial charge on any atom is -0.494 e. The van der Waals surface area contributed by atoms with E-state index in [0.717, 1.165) is 17.0 Å². The zero-order valence-corrected chi connectivity index (χ0v) is 22.4. The highest BCUT2D eigenvalue weighted by Gasteiger charge is 2.59. The van der Waals surface area contributed by atoms with Crippen LogP contribution >= 0.6 is 23.8 Å². The van der Waals surface area contributed by atoms with E-state index in [0.29, 0.717) is 40.5 Å². The molecule has 37 heavy (non-hydrogen) atoms. The fraction of sp³-hybridized carbons (Fsp3) is 0.286. The molecule has 1 saturated heterocycles. The van der Waals surface area contributed by atoms with Crippen LogP contribution in [0.3, 0.4) is 0 Å². The number of hydrogen-bond acceptors (Lipinski definition) is 5. The second-order valence-electron chi connectivity index (χ2n) is 8.93. The number of anilines is 2. The third-order valence-corrected chi connectivity index (χ3v) is 7.14. The van der Waals surface area contributed by atoms with Crippen LogP contribution in [0.15, 0.2) is 66.7 Å². The van der Waals surface area contributed by atoms with Crippen LogP contribution in [-0.4, -0.2) is 30.0 Å². The first-order chi connectivity index (χ1) is 17.9. The monoisotopic (exact) mass is 537 g/mol. The van der Waals surface area contributed by atoms with Gasteiger partial charge in [0.15, 0.2) is 22.3 Å². The summed E-state index contributed by atoms with van der Waals surface area (Å²) >= 11 is 11.9. The molecule has 3 aromatic rings. The number of carbonyl (C=O) groups is 1. The summed E-state index contributed by atoms with van der Waals surface area (Å²) in [7, 11) is 0. The third kappa shape index (κ3) is 4.55. The molecule has 0 aromatic heterocycles. The van der Waals surface area contributed by atoms with E-state index in [9.17, 15) is 4.79 Å². The van der Waals surface area contributed by atoms with Crippen LogP contribution in [0.25, 0.3) is 0 Å². The molecule has 9 heteroatoms. The normalized spacial score (nSPS) is 21.8. The summed E-state index contributed by atoms with van der Waals surface area (Å²) in [5.41, 5.74) is 1.05. The van der Waals surface area contributed by atoms with Gasteiger partial charge in [0.2, 0.25) is 5.91 Å². The lowest BCUT2D eigenvalue weighted by Crippen LogP contribution is -2.72. The molecule has 0 unspecified atom stereocenters. The summed E-state index contributed by atoms with van der Waals surface area (Å²) in [5, 5.41) is 7.51. The highest BCUT2D eigenvalue weighted by Crippen LogP contribution is 2.52. The molecule has 2 bridgehead atoms. The Kier molecular flexibility index (Phi) is 6.88. The molecule has 3 aromatic carbocycles. The highest BCUT2D eigenvalue weighted by atomic mass is 35.5. The number of halogens is 1. The number of amides is 1. The molecule has 3 atom stereocenters. The third-order valence-electron chi connectivity index (χ3n) is 6.59. The minimum atomic E-state index is -1.17. The van der Waals surface area contributed by atoms with Gasteiger partial charge in [-0.05, 0) is 87.6 Å². The maximum Gasteiger partial charge on any atom is 0.236 e. The van der Waals surface area contributed by atoms with Crippen molar-refractivity contribution >= 4 is 46.2 Å². The molecule has 1 fully saturated rings. The predicted octanol–water partition coefficient (Wildman–Crippen LogP) is 5.94. The second kappa shape index (κ2) is 10.1. The number of ether oxygens (including phenoxy) is 3. The van der Waals surface area contributed by atoms with Gasteiger partial charge >= 0.3 is 0 Å². The van der Waals surface area contributed by atoms with Gasteiger partial charge in [0.05, 0.1) is 19.3 Å². The van der Waals surface area contributed by atoms with E-state index >= 15 is 0 Å². The number of benzene rings is 3.